The highest BCUT2D eigenvalue weighted by Gasteiger charge is 2.06. The lowest BCUT2D eigenvalue weighted by Gasteiger charge is -2.19. The fraction of sp³-hybridized carbons (Fsp3) is 0.692. The number of aliphatic hydroxyl groups is 1. The number of aryl methyl sites for hydroxylation is 1. The van der Waals surface area contributed by atoms with Crippen LogP contribution in [0, 0.1) is 0 Å². The third-order valence-electron chi connectivity index (χ3n) is 2.87. The quantitative estimate of drug-likeness (QED) is 0.689. The van der Waals surface area contributed by atoms with Gasteiger partial charge in [-0.3, -0.25) is 0 Å². The van der Waals surface area contributed by atoms with E-state index in [0.29, 0.717) is 0 Å². The lowest BCUT2D eigenvalue weighted by molar-refractivity contribution is 0.283. The van der Waals surface area contributed by atoms with Gasteiger partial charge in [0.25, 0.3) is 0 Å². The summed E-state index contributed by atoms with van der Waals surface area (Å²) < 4.78 is 0. The molecular weight excluding hydrogens is 228 g/mol. The van der Waals surface area contributed by atoms with Crippen molar-refractivity contribution in [1.29, 1.82) is 0 Å². The van der Waals surface area contributed by atoms with E-state index >= 15 is 0 Å². The minimum Gasteiger partial charge on any atom is -0.396 e. The molecule has 0 atom stereocenters. The van der Waals surface area contributed by atoms with Gasteiger partial charge in [-0.05, 0) is 19.3 Å². The van der Waals surface area contributed by atoms with E-state index in [1.54, 1.807) is 0 Å². The molecule has 1 aromatic rings. The molecule has 2 N–H and O–H groups in total. The lowest BCUT2D eigenvalue weighted by atomic mass is 10.2. The van der Waals surface area contributed by atoms with Crippen LogP contribution in [-0.2, 0) is 6.42 Å². The maximum Gasteiger partial charge on any atom is 0.134 e. The Balaban J connectivity index is 2.63. The highest BCUT2D eigenvalue weighted by molar-refractivity contribution is 5.48. The summed E-state index contributed by atoms with van der Waals surface area (Å²) in [5, 5.41) is 11.8. The van der Waals surface area contributed by atoms with Gasteiger partial charge in [-0.25, -0.2) is 9.97 Å². The first-order chi connectivity index (χ1) is 8.71. The maximum absolute atomic E-state index is 8.74. The molecule has 0 spiro atoms. The van der Waals surface area contributed by atoms with Crippen molar-refractivity contribution in [2.24, 2.45) is 0 Å². The number of nitrogens with one attached hydrogen (secondary N) is 1. The first kappa shape index (κ1) is 14.7. The summed E-state index contributed by atoms with van der Waals surface area (Å²) in [6, 6.07) is 1.96. The number of nitrogens with zero attached hydrogens (tertiary/aromatic N) is 3. The van der Waals surface area contributed by atoms with E-state index in [4.69, 9.17) is 5.11 Å². The summed E-state index contributed by atoms with van der Waals surface area (Å²) in [5.41, 5.74) is 0. The van der Waals surface area contributed by atoms with Crippen molar-refractivity contribution in [3.63, 3.8) is 0 Å². The minimum absolute atomic E-state index is 0.279. The van der Waals surface area contributed by atoms with Gasteiger partial charge in [0.05, 0.1) is 0 Å². The summed E-state index contributed by atoms with van der Waals surface area (Å²) in [6.07, 6.45) is 3.82. The van der Waals surface area contributed by atoms with Crippen LogP contribution in [0.4, 0.5) is 11.6 Å². The second-order valence-corrected chi connectivity index (χ2v) is 4.34. The van der Waals surface area contributed by atoms with E-state index in [1.165, 1.54) is 0 Å². The van der Waals surface area contributed by atoms with Gasteiger partial charge < -0.3 is 15.3 Å². The fourth-order valence-electron chi connectivity index (χ4n) is 1.72. The van der Waals surface area contributed by atoms with Crippen molar-refractivity contribution in [3.8, 4) is 0 Å². The summed E-state index contributed by atoms with van der Waals surface area (Å²) in [4.78, 5) is 11.0. The van der Waals surface area contributed by atoms with E-state index in [1.807, 2.05) is 20.2 Å². The molecule has 0 aromatic carbocycles. The molecule has 0 unspecified atom stereocenters. The molecule has 0 radical (unpaired) electrons. The maximum atomic E-state index is 8.74. The number of aromatic nitrogens is 2. The molecule has 0 aliphatic carbocycles. The first-order valence-electron chi connectivity index (χ1n) is 6.59. The van der Waals surface area contributed by atoms with E-state index < -0.39 is 0 Å². The Morgan fingerprint density at radius 3 is 2.67 bits per heavy atom. The van der Waals surface area contributed by atoms with Gasteiger partial charge in [-0.1, -0.05) is 6.92 Å². The molecule has 102 valence electrons. The smallest absolute Gasteiger partial charge is 0.134 e. The normalized spacial score (nSPS) is 10.4. The molecule has 0 saturated heterocycles. The highest BCUT2D eigenvalue weighted by Crippen LogP contribution is 2.15. The van der Waals surface area contributed by atoms with E-state index in [2.05, 4.69) is 27.1 Å². The molecule has 18 heavy (non-hydrogen) atoms. The van der Waals surface area contributed by atoms with Crippen LogP contribution in [0.1, 0.15) is 32.0 Å². The zero-order valence-corrected chi connectivity index (χ0v) is 11.6. The van der Waals surface area contributed by atoms with E-state index in [0.717, 1.165) is 49.7 Å². The second-order valence-electron chi connectivity index (χ2n) is 4.34. The molecule has 0 fully saturated rings. The summed E-state index contributed by atoms with van der Waals surface area (Å²) in [6.45, 7) is 3.28. The molecule has 1 heterocycles. The molecule has 0 amide bonds. The van der Waals surface area contributed by atoms with Crippen LogP contribution in [-0.4, -0.2) is 42.3 Å². The molecule has 1 rings (SSSR count). The van der Waals surface area contributed by atoms with Gasteiger partial charge in [0.15, 0.2) is 0 Å². The Kier molecular flexibility index (Phi) is 6.43. The van der Waals surface area contributed by atoms with Gasteiger partial charge in [-0.2, -0.15) is 0 Å². The van der Waals surface area contributed by atoms with Gasteiger partial charge in [0.2, 0.25) is 0 Å². The highest BCUT2D eigenvalue weighted by atomic mass is 16.2. The van der Waals surface area contributed by atoms with Crippen molar-refractivity contribution in [2.45, 2.75) is 32.6 Å². The van der Waals surface area contributed by atoms with Crippen LogP contribution in [0.25, 0.3) is 0 Å². The Morgan fingerprint density at radius 1 is 1.28 bits per heavy atom. The number of hydrogen-bond acceptors (Lipinski definition) is 5. The summed E-state index contributed by atoms with van der Waals surface area (Å²) >= 11 is 0. The third kappa shape index (κ3) is 4.49. The molecule has 0 aliphatic rings. The van der Waals surface area contributed by atoms with Crippen molar-refractivity contribution in [1.82, 2.24) is 9.97 Å². The van der Waals surface area contributed by atoms with Crippen LogP contribution in [0.3, 0.4) is 0 Å². The zero-order chi connectivity index (χ0) is 13.4. The predicted molar refractivity (Wildman–Crippen MR) is 75.2 cm³/mol. The van der Waals surface area contributed by atoms with Crippen LogP contribution >= 0.6 is 0 Å². The van der Waals surface area contributed by atoms with Crippen LogP contribution in [0.15, 0.2) is 6.07 Å². The third-order valence-corrected chi connectivity index (χ3v) is 2.87. The Hall–Kier alpha value is -1.36. The average Bonchev–Trinajstić information content (AvgIpc) is 2.42. The van der Waals surface area contributed by atoms with Crippen molar-refractivity contribution >= 4 is 11.6 Å². The monoisotopic (exact) mass is 252 g/mol. The number of aliphatic hydroxyl groups excluding tert-OH is 1. The Bertz CT molecular complexity index is 335. The van der Waals surface area contributed by atoms with Crippen molar-refractivity contribution in [2.75, 3.05) is 37.5 Å². The molecule has 0 bridgehead atoms. The van der Waals surface area contributed by atoms with Crippen LogP contribution in [0.5, 0.6) is 0 Å². The van der Waals surface area contributed by atoms with Crippen LogP contribution in [0.2, 0.25) is 0 Å². The molecule has 5 nitrogen and oxygen atoms in total. The van der Waals surface area contributed by atoms with Crippen molar-refractivity contribution in [3.05, 3.63) is 11.9 Å². The van der Waals surface area contributed by atoms with Gasteiger partial charge in [0.1, 0.15) is 17.5 Å². The molecular formula is C13H24N4O. The largest absolute Gasteiger partial charge is 0.396 e. The SMILES string of the molecule is CCc1nc(NC)cc(N(C)CCCCCO)n1. The molecule has 5 heteroatoms. The first-order valence-corrected chi connectivity index (χ1v) is 6.59. The van der Waals surface area contributed by atoms with Gasteiger partial charge >= 0.3 is 0 Å². The number of anilines is 2. The molecule has 0 saturated carbocycles. The van der Waals surface area contributed by atoms with Crippen LogP contribution < -0.4 is 10.2 Å². The fourth-order valence-corrected chi connectivity index (χ4v) is 1.72. The zero-order valence-electron chi connectivity index (χ0n) is 11.6. The van der Waals surface area contributed by atoms with Crippen molar-refractivity contribution < 1.29 is 5.11 Å². The minimum atomic E-state index is 0.279. The number of rotatable bonds is 8. The number of hydrogen-bond donors (Lipinski definition) is 2. The number of unbranched alkanes of at least 4 members (excludes halogenated alkanes) is 2. The summed E-state index contributed by atoms with van der Waals surface area (Å²) in [7, 11) is 3.91. The molecule has 1 aromatic heterocycles. The molecule has 0 aliphatic heterocycles. The van der Waals surface area contributed by atoms with E-state index in [9.17, 15) is 0 Å². The van der Waals surface area contributed by atoms with E-state index in [-0.39, 0.29) is 6.61 Å². The van der Waals surface area contributed by atoms with Gasteiger partial charge in [-0.15, -0.1) is 0 Å². The summed E-state index contributed by atoms with van der Waals surface area (Å²) in [5.74, 6) is 2.67. The standard InChI is InChI=1S/C13H24N4O/c1-4-11-15-12(14-2)10-13(16-11)17(3)8-6-5-7-9-18/h10,18H,4-9H2,1-3H3,(H,14,15,16). The Morgan fingerprint density at radius 2 is 2.06 bits per heavy atom. The topological polar surface area (TPSA) is 61.3 Å². The second kappa shape index (κ2) is 7.87. The van der Waals surface area contributed by atoms with Gasteiger partial charge in [0, 0.05) is 39.7 Å². The average molecular weight is 252 g/mol. The predicted octanol–water partition coefficient (Wildman–Crippen LogP) is 1.68. The Labute approximate surface area is 109 Å². The lowest BCUT2D eigenvalue weighted by Crippen LogP contribution is -2.21.